The molecule has 100 valence electrons. The van der Waals surface area contributed by atoms with E-state index in [1.807, 2.05) is 0 Å². The van der Waals surface area contributed by atoms with Crippen molar-refractivity contribution in [3.05, 3.63) is 36.3 Å². The van der Waals surface area contributed by atoms with Gasteiger partial charge in [0.2, 0.25) is 5.95 Å². The lowest BCUT2D eigenvalue weighted by Gasteiger charge is -2.08. The van der Waals surface area contributed by atoms with Crippen LogP contribution in [0, 0.1) is 11.7 Å². The van der Waals surface area contributed by atoms with Gasteiger partial charge in [-0.15, -0.1) is 5.10 Å². The summed E-state index contributed by atoms with van der Waals surface area (Å²) in [7, 11) is 0. The van der Waals surface area contributed by atoms with Gasteiger partial charge in [0.1, 0.15) is 5.82 Å². The molecule has 0 saturated carbocycles. The Balaban J connectivity index is 2.06. The van der Waals surface area contributed by atoms with Crippen molar-refractivity contribution in [1.29, 1.82) is 0 Å². The third kappa shape index (κ3) is 4.17. The fourth-order valence-electron chi connectivity index (χ4n) is 1.45. The average Bonchev–Trinajstić information content (AvgIpc) is 2.37. The Morgan fingerprint density at radius 2 is 2.16 bits per heavy atom. The minimum Gasteiger partial charge on any atom is -0.353 e. The molecule has 0 unspecified atom stereocenters. The molecule has 6 heteroatoms. The molecule has 0 radical (unpaired) electrons. The predicted octanol–water partition coefficient (Wildman–Crippen LogP) is 2.82. The first kappa shape index (κ1) is 13.2. The van der Waals surface area contributed by atoms with E-state index >= 15 is 0 Å². The smallest absolute Gasteiger partial charge is 0.244 e. The average molecular weight is 261 g/mol. The van der Waals surface area contributed by atoms with E-state index < -0.39 is 0 Å². The number of nitrogens with zero attached hydrogens (tertiary/aromatic N) is 3. The van der Waals surface area contributed by atoms with Crippen molar-refractivity contribution in [3.63, 3.8) is 0 Å². The summed E-state index contributed by atoms with van der Waals surface area (Å²) >= 11 is 0. The Kier molecular flexibility index (Phi) is 4.22. The normalized spacial score (nSPS) is 10.5. The summed E-state index contributed by atoms with van der Waals surface area (Å²) in [5, 5.41) is 13.8. The van der Waals surface area contributed by atoms with Crippen LogP contribution in [0.25, 0.3) is 0 Å². The first-order valence-electron chi connectivity index (χ1n) is 6.09. The highest BCUT2D eigenvalue weighted by atomic mass is 19.1. The van der Waals surface area contributed by atoms with E-state index in [0.29, 0.717) is 23.4 Å². The summed E-state index contributed by atoms with van der Waals surface area (Å²) in [4.78, 5) is 4.25. The standard InChI is InChI=1S/C13H16FN5/c1-9(2)7-15-13-18-12(8-16-19-13)17-11-5-3-4-10(14)6-11/h3-6,8-9H,7H2,1-2H3,(H2,15,17,18,19). The van der Waals surface area contributed by atoms with Crippen molar-refractivity contribution < 1.29 is 4.39 Å². The zero-order valence-electron chi connectivity index (χ0n) is 10.9. The number of hydrogen-bond acceptors (Lipinski definition) is 5. The molecule has 0 fully saturated rings. The van der Waals surface area contributed by atoms with Crippen LogP contribution in [-0.2, 0) is 0 Å². The van der Waals surface area contributed by atoms with Gasteiger partial charge in [-0.3, -0.25) is 0 Å². The van der Waals surface area contributed by atoms with Gasteiger partial charge in [0.15, 0.2) is 5.82 Å². The maximum Gasteiger partial charge on any atom is 0.244 e. The zero-order chi connectivity index (χ0) is 13.7. The van der Waals surface area contributed by atoms with Crippen molar-refractivity contribution in [3.8, 4) is 0 Å². The third-order valence-corrected chi connectivity index (χ3v) is 2.32. The van der Waals surface area contributed by atoms with Crippen molar-refractivity contribution in [2.45, 2.75) is 13.8 Å². The summed E-state index contributed by atoms with van der Waals surface area (Å²) in [6, 6.07) is 6.17. The summed E-state index contributed by atoms with van der Waals surface area (Å²) in [6.45, 7) is 4.95. The minimum atomic E-state index is -0.301. The second-order valence-corrected chi connectivity index (χ2v) is 4.58. The van der Waals surface area contributed by atoms with Crippen LogP contribution in [0.5, 0.6) is 0 Å². The van der Waals surface area contributed by atoms with Crippen molar-refractivity contribution in [1.82, 2.24) is 15.2 Å². The van der Waals surface area contributed by atoms with Crippen LogP contribution in [0.3, 0.4) is 0 Å². The van der Waals surface area contributed by atoms with Gasteiger partial charge in [-0.05, 0) is 24.1 Å². The van der Waals surface area contributed by atoms with Crippen LogP contribution in [-0.4, -0.2) is 21.7 Å². The van der Waals surface area contributed by atoms with Crippen LogP contribution in [0.1, 0.15) is 13.8 Å². The molecule has 5 nitrogen and oxygen atoms in total. The van der Waals surface area contributed by atoms with E-state index in [0.717, 1.165) is 6.54 Å². The van der Waals surface area contributed by atoms with E-state index in [1.54, 1.807) is 12.1 Å². The molecule has 1 aromatic heterocycles. The third-order valence-electron chi connectivity index (χ3n) is 2.32. The van der Waals surface area contributed by atoms with Crippen LogP contribution in [0.2, 0.25) is 0 Å². The van der Waals surface area contributed by atoms with Crippen molar-refractivity contribution in [2.75, 3.05) is 17.2 Å². The summed E-state index contributed by atoms with van der Waals surface area (Å²) in [5.41, 5.74) is 0.621. The number of halogens is 1. The molecular weight excluding hydrogens is 245 g/mol. The highest BCUT2D eigenvalue weighted by Crippen LogP contribution is 2.15. The Bertz CT molecular complexity index is 544. The fourth-order valence-corrected chi connectivity index (χ4v) is 1.45. The molecule has 0 spiro atoms. The molecule has 2 aromatic rings. The van der Waals surface area contributed by atoms with Crippen LogP contribution >= 0.6 is 0 Å². The van der Waals surface area contributed by atoms with Gasteiger partial charge in [-0.25, -0.2) is 4.39 Å². The highest BCUT2D eigenvalue weighted by molar-refractivity contribution is 5.55. The molecule has 0 aliphatic rings. The molecular formula is C13H16FN5. The molecule has 1 aromatic carbocycles. The topological polar surface area (TPSA) is 62.7 Å². The number of anilines is 3. The summed E-state index contributed by atoms with van der Waals surface area (Å²) < 4.78 is 13.1. The van der Waals surface area contributed by atoms with Gasteiger partial charge < -0.3 is 10.6 Å². The predicted molar refractivity (Wildman–Crippen MR) is 72.8 cm³/mol. The maximum absolute atomic E-state index is 13.1. The number of nitrogens with one attached hydrogen (secondary N) is 2. The molecule has 1 heterocycles. The molecule has 0 amide bonds. The summed E-state index contributed by atoms with van der Waals surface area (Å²) in [5.74, 6) is 1.16. The van der Waals surface area contributed by atoms with Crippen LogP contribution in [0.15, 0.2) is 30.5 Å². The largest absolute Gasteiger partial charge is 0.353 e. The summed E-state index contributed by atoms with van der Waals surface area (Å²) in [6.07, 6.45) is 1.49. The second kappa shape index (κ2) is 6.08. The van der Waals surface area contributed by atoms with Crippen LogP contribution in [0.4, 0.5) is 21.8 Å². The Hall–Kier alpha value is -2.24. The van der Waals surface area contributed by atoms with Crippen molar-refractivity contribution in [2.24, 2.45) is 5.92 Å². The molecule has 2 N–H and O–H groups in total. The van der Waals surface area contributed by atoms with Crippen molar-refractivity contribution >= 4 is 17.5 Å². The molecule has 0 bridgehead atoms. The van der Waals surface area contributed by atoms with Gasteiger partial charge >= 0.3 is 0 Å². The van der Waals surface area contributed by atoms with Gasteiger partial charge in [0.05, 0.1) is 6.20 Å². The van der Waals surface area contributed by atoms with E-state index in [2.05, 4.69) is 39.7 Å². The Morgan fingerprint density at radius 1 is 1.32 bits per heavy atom. The Labute approximate surface area is 111 Å². The first-order valence-corrected chi connectivity index (χ1v) is 6.09. The molecule has 0 atom stereocenters. The lowest BCUT2D eigenvalue weighted by Crippen LogP contribution is -2.11. The molecule has 19 heavy (non-hydrogen) atoms. The van der Waals surface area contributed by atoms with Gasteiger partial charge in [-0.1, -0.05) is 19.9 Å². The van der Waals surface area contributed by atoms with Gasteiger partial charge in [-0.2, -0.15) is 10.1 Å². The lowest BCUT2D eigenvalue weighted by molar-refractivity contribution is 0.628. The minimum absolute atomic E-state index is 0.301. The highest BCUT2D eigenvalue weighted by Gasteiger charge is 2.02. The van der Waals surface area contributed by atoms with Gasteiger partial charge in [0.25, 0.3) is 0 Å². The monoisotopic (exact) mass is 261 g/mol. The maximum atomic E-state index is 13.1. The SMILES string of the molecule is CC(C)CNc1nncc(Nc2cccc(F)c2)n1. The second-order valence-electron chi connectivity index (χ2n) is 4.58. The molecule has 0 aliphatic heterocycles. The lowest BCUT2D eigenvalue weighted by atomic mass is 10.2. The van der Waals surface area contributed by atoms with E-state index in [1.165, 1.54) is 18.3 Å². The molecule has 2 rings (SSSR count). The number of hydrogen-bond donors (Lipinski definition) is 2. The quantitative estimate of drug-likeness (QED) is 0.866. The molecule has 0 saturated heterocycles. The number of aromatic nitrogens is 3. The van der Waals surface area contributed by atoms with Gasteiger partial charge in [0, 0.05) is 12.2 Å². The Morgan fingerprint density at radius 3 is 2.89 bits per heavy atom. The number of rotatable bonds is 5. The van der Waals surface area contributed by atoms with E-state index in [-0.39, 0.29) is 5.82 Å². The first-order chi connectivity index (χ1) is 9.13. The van der Waals surface area contributed by atoms with Crippen LogP contribution < -0.4 is 10.6 Å². The zero-order valence-corrected chi connectivity index (χ0v) is 10.9. The number of benzene rings is 1. The molecule has 0 aliphatic carbocycles. The van der Waals surface area contributed by atoms with E-state index in [4.69, 9.17) is 0 Å². The fraction of sp³-hybridized carbons (Fsp3) is 0.308. The van der Waals surface area contributed by atoms with E-state index in [9.17, 15) is 4.39 Å².